The summed E-state index contributed by atoms with van der Waals surface area (Å²) in [6.07, 6.45) is 5.52. The van der Waals surface area contributed by atoms with Gasteiger partial charge in [-0.15, -0.1) is 0 Å². The second kappa shape index (κ2) is 37.4. The van der Waals surface area contributed by atoms with Crippen molar-refractivity contribution in [3.05, 3.63) is 30.9 Å². The Labute approximate surface area is 552 Å². The second-order valence-electron chi connectivity index (χ2n) is 27.5. The normalized spacial score (nSPS) is 25.5. The number of aliphatic hydroxyl groups is 1. The maximum absolute atomic E-state index is 15.3. The van der Waals surface area contributed by atoms with E-state index in [2.05, 4.69) is 26.3 Å². The van der Waals surface area contributed by atoms with E-state index >= 15 is 19.2 Å². The van der Waals surface area contributed by atoms with E-state index in [9.17, 15) is 43.5 Å². The summed E-state index contributed by atoms with van der Waals surface area (Å²) >= 11 is 0. The van der Waals surface area contributed by atoms with Crippen molar-refractivity contribution in [1.29, 1.82) is 0 Å². The standard InChI is InChI=1S/C66H113N13O14/c1-24-46-61(87)72(17)35-51(80)73(18)47(31-37(2)3)58(84)71-52(41(10)11)64(90)74(19)48(32-38(4)5)57(83)68-44(15)56(82)69-45(16)60(86)75(20)49(33-39(6)7)62(88)76(21)50(34-40(8)9)63(89)77(22)53(42(12)13)65(91)78(23)54(59(85)70-46)55(81)43(14)27-25-26-30-93-66(92)79-29-28-67-36-79/h25-26,28-29,36-50,52-55,81H,24,27,30-35H2,1-23H3,(H,68,83)(H,69,82)(H,70,85)(H,71,84)/t43-,44+,45-,46+,47?,48+,49+,50+,52+,53+,54?,55-/m1/s1. The Kier molecular flexibility index (Phi) is 32.9. The second-order valence-corrected chi connectivity index (χ2v) is 27.5. The van der Waals surface area contributed by atoms with Crippen molar-refractivity contribution in [2.75, 3.05) is 62.5 Å². The Morgan fingerprint density at radius 1 is 0.538 bits per heavy atom. The number of amides is 11. The number of imidazole rings is 1. The number of aromatic nitrogens is 2. The molecule has 0 radical (unpaired) electrons. The van der Waals surface area contributed by atoms with Crippen molar-refractivity contribution in [3.8, 4) is 0 Å². The lowest BCUT2D eigenvalue weighted by atomic mass is 9.91. The van der Waals surface area contributed by atoms with Crippen LogP contribution in [0.4, 0.5) is 4.79 Å². The molecule has 0 spiro atoms. The molecule has 1 aromatic rings. The smallest absolute Gasteiger partial charge is 0.419 e. The molecule has 11 amide bonds. The number of hydrogen-bond acceptors (Lipinski definition) is 15. The minimum Gasteiger partial charge on any atom is -0.445 e. The number of carbonyl (C=O) groups excluding carboxylic acids is 12. The van der Waals surface area contributed by atoms with Gasteiger partial charge in [-0.3, -0.25) is 52.7 Å². The molecule has 2 heterocycles. The molecule has 27 nitrogen and oxygen atoms in total. The highest BCUT2D eigenvalue weighted by atomic mass is 16.5. The van der Waals surface area contributed by atoms with Crippen LogP contribution in [-0.2, 0) is 57.5 Å². The van der Waals surface area contributed by atoms with Crippen LogP contribution in [0.3, 0.4) is 0 Å². The number of hydrogen-bond donors (Lipinski definition) is 5. The largest absolute Gasteiger partial charge is 0.445 e. The van der Waals surface area contributed by atoms with Gasteiger partial charge in [0.05, 0.1) is 12.6 Å². The minimum absolute atomic E-state index is 0.0307. The molecular formula is C66H113N13O14. The molecule has 0 aromatic carbocycles. The number of ether oxygens (including phenoxy) is 1. The van der Waals surface area contributed by atoms with Gasteiger partial charge in [-0.2, -0.15) is 0 Å². The topological polar surface area (TPSA) is 323 Å². The minimum atomic E-state index is -1.73. The summed E-state index contributed by atoms with van der Waals surface area (Å²) < 4.78 is 6.42. The third-order valence-corrected chi connectivity index (χ3v) is 17.0. The van der Waals surface area contributed by atoms with Crippen molar-refractivity contribution in [2.24, 2.45) is 41.4 Å². The number of nitrogens with one attached hydrogen (secondary N) is 4. The number of carbonyl (C=O) groups is 12. The molecule has 1 aromatic heterocycles. The zero-order valence-corrected chi connectivity index (χ0v) is 59.7. The highest BCUT2D eigenvalue weighted by Gasteiger charge is 2.46. The maximum Gasteiger partial charge on any atom is 0.419 e. The van der Waals surface area contributed by atoms with E-state index < -0.39 is 162 Å². The number of nitrogens with zero attached hydrogens (tertiary/aromatic N) is 9. The average molecular weight is 1310 g/mol. The highest BCUT2D eigenvalue weighted by molar-refractivity contribution is 5.99. The molecule has 2 rings (SSSR count). The highest BCUT2D eigenvalue weighted by Crippen LogP contribution is 2.26. The van der Waals surface area contributed by atoms with Crippen molar-refractivity contribution in [2.45, 2.75) is 216 Å². The van der Waals surface area contributed by atoms with Gasteiger partial charge in [-0.05, 0) is 93.8 Å². The fourth-order valence-corrected chi connectivity index (χ4v) is 11.3. The Morgan fingerprint density at radius 2 is 1.00 bits per heavy atom. The number of rotatable bonds is 17. The van der Waals surface area contributed by atoms with E-state index in [1.807, 2.05) is 55.4 Å². The number of likely N-dealkylation sites (N-methyl/N-ethyl adjacent to an activating group) is 7. The van der Waals surface area contributed by atoms with Crippen LogP contribution in [-0.4, -0.2) is 249 Å². The first kappa shape index (κ1) is 81.6. The van der Waals surface area contributed by atoms with Gasteiger partial charge in [0, 0.05) is 61.7 Å². The molecule has 1 saturated heterocycles. The van der Waals surface area contributed by atoms with E-state index in [0.29, 0.717) is 0 Å². The fourth-order valence-electron chi connectivity index (χ4n) is 11.3. The lowest BCUT2D eigenvalue weighted by Gasteiger charge is -2.41. The summed E-state index contributed by atoms with van der Waals surface area (Å²) in [5, 5.41) is 23.3. The molecule has 1 aliphatic heterocycles. The first-order valence-electron chi connectivity index (χ1n) is 32.7. The van der Waals surface area contributed by atoms with Gasteiger partial charge in [0.15, 0.2) is 0 Å². The van der Waals surface area contributed by atoms with E-state index in [0.717, 1.165) is 14.4 Å². The van der Waals surface area contributed by atoms with Crippen molar-refractivity contribution in [3.63, 3.8) is 0 Å². The van der Waals surface area contributed by atoms with Gasteiger partial charge in [0.25, 0.3) is 0 Å². The molecule has 526 valence electrons. The molecule has 0 aliphatic carbocycles. The van der Waals surface area contributed by atoms with Crippen molar-refractivity contribution >= 4 is 71.1 Å². The van der Waals surface area contributed by atoms with Crippen LogP contribution >= 0.6 is 0 Å². The summed E-state index contributed by atoms with van der Waals surface area (Å²) in [6, 6.07) is -12.8. The zero-order chi connectivity index (χ0) is 71.4. The molecule has 2 unspecified atom stereocenters. The zero-order valence-electron chi connectivity index (χ0n) is 59.7. The summed E-state index contributed by atoms with van der Waals surface area (Å²) in [5.41, 5.74) is 0. The molecule has 93 heavy (non-hydrogen) atoms. The monoisotopic (exact) mass is 1310 g/mol. The molecule has 12 atom stereocenters. The van der Waals surface area contributed by atoms with E-state index in [1.54, 1.807) is 53.7 Å². The summed E-state index contributed by atoms with van der Waals surface area (Å²) in [4.78, 5) is 186. The average Bonchev–Trinajstić information content (AvgIpc) is 1.09. The Hall–Kier alpha value is -7.45. The quantitative estimate of drug-likeness (QED) is 0.140. The first-order valence-corrected chi connectivity index (χ1v) is 32.7. The lowest BCUT2D eigenvalue weighted by molar-refractivity contribution is -0.157. The van der Waals surface area contributed by atoms with E-state index in [-0.39, 0.29) is 68.8 Å². The summed E-state index contributed by atoms with van der Waals surface area (Å²) in [6.45, 7) is 27.0. The molecule has 5 N–H and O–H groups in total. The van der Waals surface area contributed by atoms with Gasteiger partial charge < -0.3 is 65.4 Å². The molecule has 0 bridgehead atoms. The number of allylic oxidation sites excluding steroid dienone is 1. The van der Waals surface area contributed by atoms with Crippen LogP contribution in [0.25, 0.3) is 0 Å². The van der Waals surface area contributed by atoms with Gasteiger partial charge in [0.2, 0.25) is 65.0 Å². The molecular weight excluding hydrogens is 1200 g/mol. The van der Waals surface area contributed by atoms with E-state index in [1.165, 1.54) is 106 Å². The third kappa shape index (κ3) is 23.2. The van der Waals surface area contributed by atoms with E-state index in [4.69, 9.17) is 4.74 Å². The molecule has 1 aliphatic rings. The van der Waals surface area contributed by atoms with Crippen LogP contribution in [0.1, 0.15) is 149 Å². The first-order chi connectivity index (χ1) is 43.1. The van der Waals surface area contributed by atoms with Gasteiger partial charge in [-0.25, -0.2) is 14.3 Å². The SMILES string of the molecule is CC[C@@H]1NC(=O)C([C@H](O)[C@H](C)CC=CCOC(=O)n2ccnc2)N(C)C(=O)[C@H](C(C)C)N(C)C(=O)[C@H](CC(C)C)N(C)C(=O)[C@H](CC(C)C)N(C)C(=O)[C@@H](C)NC(=O)[C@H](C)NC(=O)[C@H](CC(C)C)N(C)C(=O)[C@H](C(C)C)NC(=O)C(CC(C)C)N(C)C(=O)CN(C)C1=O. The van der Waals surface area contributed by atoms with Gasteiger partial charge >= 0.3 is 6.09 Å². The van der Waals surface area contributed by atoms with Crippen molar-refractivity contribution in [1.82, 2.24) is 65.1 Å². The van der Waals surface area contributed by atoms with Crippen molar-refractivity contribution < 1.29 is 67.4 Å². The summed E-state index contributed by atoms with van der Waals surface area (Å²) in [7, 11) is 9.75. The Bertz CT molecular complexity index is 2740. The van der Waals surface area contributed by atoms with Crippen LogP contribution in [0.2, 0.25) is 0 Å². The number of aliphatic hydroxyl groups excluding tert-OH is 1. The Morgan fingerprint density at radius 3 is 1.48 bits per heavy atom. The molecule has 27 heteroatoms. The van der Waals surface area contributed by atoms with Gasteiger partial charge in [-0.1, -0.05) is 109 Å². The lowest BCUT2D eigenvalue weighted by Crippen LogP contribution is -2.63. The Balaban J connectivity index is 2.96. The predicted octanol–water partition coefficient (Wildman–Crippen LogP) is 3.13. The maximum atomic E-state index is 15.3. The summed E-state index contributed by atoms with van der Waals surface area (Å²) in [5.74, 6) is -10.5. The van der Waals surface area contributed by atoms with Crippen LogP contribution in [0, 0.1) is 41.4 Å². The fraction of sp³-hybridized carbons (Fsp3) is 0.742. The molecule has 0 saturated carbocycles. The van der Waals surface area contributed by atoms with Crippen LogP contribution < -0.4 is 21.3 Å². The third-order valence-electron chi connectivity index (χ3n) is 17.0. The van der Waals surface area contributed by atoms with Gasteiger partial charge in [0.1, 0.15) is 73.4 Å². The predicted molar refractivity (Wildman–Crippen MR) is 352 cm³/mol. The molecule has 1 fully saturated rings. The van der Waals surface area contributed by atoms with Crippen LogP contribution in [0.5, 0.6) is 0 Å². The van der Waals surface area contributed by atoms with Crippen LogP contribution in [0.15, 0.2) is 30.9 Å².